The lowest BCUT2D eigenvalue weighted by Crippen LogP contribution is -2.57. The van der Waals surface area contributed by atoms with Gasteiger partial charge in [0, 0.05) is 0 Å². The zero-order valence-corrected chi connectivity index (χ0v) is 11.0. The zero-order valence-electron chi connectivity index (χ0n) is 11.0. The van der Waals surface area contributed by atoms with Crippen LogP contribution in [0.2, 0.25) is 0 Å². The van der Waals surface area contributed by atoms with E-state index < -0.39 is 17.4 Å². The number of rotatable bonds is 3. The van der Waals surface area contributed by atoms with E-state index >= 15 is 0 Å². The lowest BCUT2D eigenvalue weighted by Gasteiger charge is -2.37. The summed E-state index contributed by atoms with van der Waals surface area (Å²) in [5.41, 5.74) is -1.18. The molecule has 1 heterocycles. The smallest absolute Gasteiger partial charge is 0.329 e. The molecule has 2 atom stereocenters. The predicted molar refractivity (Wildman–Crippen MR) is 66.1 cm³/mol. The molecule has 0 radical (unpaired) electrons. The quantitative estimate of drug-likeness (QED) is 0.799. The molecule has 2 unspecified atom stereocenters. The largest absolute Gasteiger partial charge is 0.494 e. The minimum atomic E-state index is -1.18. The standard InChI is InChI=1S/C13H19NO5/c1-9-3-2-4-13(7-9,12(16)17)14-11(15)10-8-18-5-6-19-10/h8-9H,2-7H2,1H3,(H,14,15)(H,16,17). The van der Waals surface area contributed by atoms with Crippen molar-refractivity contribution < 1.29 is 24.2 Å². The summed E-state index contributed by atoms with van der Waals surface area (Å²) in [7, 11) is 0. The van der Waals surface area contributed by atoms with Crippen molar-refractivity contribution >= 4 is 11.9 Å². The van der Waals surface area contributed by atoms with E-state index in [9.17, 15) is 14.7 Å². The monoisotopic (exact) mass is 269 g/mol. The van der Waals surface area contributed by atoms with Crippen LogP contribution in [-0.4, -0.2) is 35.7 Å². The van der Waals surface area contributed by atoms with Crippen LogP contribution in [0.25, 0.3) is 0 Å². The Morgan fingerprint density at radius 3 is 2.84 bits per heavy atom. The van der Waals surface area contributed by atoms with Crippen molar-refractivity contribution in [2.75, 3.05) is 13.2 Å². The summed E-state index contributed by atoms with van der Waals surface area (Å²) in [6.45, 7) is 2.70. The summed E-state index contributed by atoms with van der Waals surface area (Å²) in [6.07, 6.45) is 3.92. The fourth-order valence-electron chi connectivity index (χ4n) is 2.68. The number of amides is 1. The molecule has 0 saturated heterocycles. The zero-order chi connectivity index (χ0) is 13.9. The fourth-order valence-corrected chi connectivity index (χ4v) is 2.68. The molecule has 1 aliphatic heterocycles. The SMILES string of the molecule is CC1CCCC(NC(=O)C2=COCCO2)(C(=O)O)C1. The third-order valence-corrected chi connectivity index (χ3v) is 3.63. The molecule has 19 heavy (non-hydrogen) atoms. The number of carboxylic acids is 1. The maximum atomic E-state index is 12.0. The highest BCUT2D eigenvalue weighted by Crippen LogP contribution is 2.32. The molecule has 1 saturated carbocycles. The van der Waals surface area contributed by atoms with Gasteiger partial charge in [-0.15, -0.1) is 0 Å². The molecule has 0 aromatic carbocycles. The number of hydrogen-bond acceptors (Lipinski definition) is 4. The van der Waals surface area contributed by atoms with Gasteiger partial charge in [0.05, 0.1) is 0 Å². The first-order valence-corrected chi connectivity index (χ1v) is 6.54. The maximum absolute atomic E-state index is 12.0. The van der Waals surface area contributed by atoms with Crippen molar-refractivity contribution in [3.63, 3.8) is 0 Å². The van der Waals surface area contributed by atoms with Crippen LogP contribution in [0.5, 0.6) is 0 Å². The van der Waals surface area contributed by atoms with Gasteiger partial charge in [0.2, 0.25) is 5.76 Å². The molecule has 2 aliphatic rings. The van der Waals surface area contributed by atoms with Crippen LogP contribution in [0.4, 0.5) is 0 Å². The van der Waals surface area contributed by atoms with E-state index in [2.05, 4.69) is 5.32 Å². The minimum Gasteiger partial charge on any atom is -0.494 e. The van der Waals surface area contributed by atoms with Gasteiger partial charge in [-0.1, -0.05) is 19.8 Å². The van der Waals surface area contributed by atoms with Crippen molar-refractivity contribution in [2.24, 2.45) is 5.92 Å². The second-order valence-electron chi connectivity index (χ2n) is 5.24. The average molecular weight is 269 g/mol. The van der Waals surface area contributed by atoms with E-state index in [0.29, 0.717) is 26.1 Å². The highest BCUT2D eigenvalue weighted by molar-refractivity contribution is 5.95. The van der Waals surface area contributed by atoms with E-state index in [1.54, 1.807) is 0 Å². The molecule has 6 heteroatoms. The Morgan fingerprint density at radius 2 is 2.26 bits per heavy atom. The van der Waals surface area contributed by atoms with Crippen LogP contribution in [0.1, 0.15) is 32.6 Å². The van der Waals surface area contributed by atoms with Gasteiger partial charge < -0.3 is 19.9 Å². The van der Waals surface area contributed by atoms with E-state index in [-0.39, 0.29) is 11.7 Å². The van der Waals surface area contributed by atoms with E-state index in [1.165, 1.54) is 6.26 Å². The van der Waals surface area contributed by atoms with Crippen molar-refractivity contribution in [1.29, 1.82) is 0 Å². The highest BCUT2D eigenvalue weighted by atomic mass is 16.6. The molecule has 1 aliphatic carbocycles. The van der Waals surface area contributed by atoms with Gasteiger partial charge >= 0.3 is 5.97 Å². The molecule has 0 aromatic rings. The first kappa shape index (κ1) is 13.7. The average Bonchev–Trinajstić information content (AvgIpc) is 2.39. The first-order chi connectivity index (χ1) is 9.03. The Hall–Kier alpha value is -1.72. The summed E-state index contributed by atoms with van der Waals surface area (Å²) in [5, 5.41) is 12.1. The van der Waals surface area contributed by atoms with Gasteiger partial charge in [0.15, 0.2) is 0 Å². The molecule has 1 amide bonds. The molecule has 0 aromatic heterocycles. The van der Waals surface area contributed by atoms with Gasteiger partial charge in [0.1, 0.15) is 25.0 Å². The van der Waals surface area contributed by atoms with Gasteiger partial charge in [0.25, 0.3) is 5.91 Å². The van der Waals surface area contributed by atoms with Crippen molar-refractivity contribution in [2.45, 2.75) is 38.1 Å². The van der Waals surface area contributed by atoms with Gasteiger partial charge in [-0.3, -0.25) is 4.79 Å². The maximum Gasteiger partial charge on any atom is 0.329 e. The minimum absolute atomic E-state index is 0.0464. The predicted octanol–water partition coefficient (Wildman–Crippen LogP) is 1.02. The van der Waals surface area contributed by atoms with Crippen LogP contribution < -0.4 is 5.32 Å². The van der Waals surface area contributed by atoms with E-state index in [4.69, 9.17) is 9.47 Å². The Morgan fingerprint density at radius 1 is 1.47 bits per heavy atom. The van der Waals surface area contributed by atoms with Gasteiger partial charge in [-0.2, -0.15) is 0 Å². The van der Waals surface area contributed by atoms with E-state index in [0.717, 1.165) is 12.8 Å². The summed E-state index contributed by atoms with van der Waals surface area (Å²) in [4.78, 5) is 23.6. The number of nitrogens with one attached hydrogen (secondary N) is 1. The highest BCUT2D eigenvalue weighted by Gasteiger charge is 2.43. The van der Waals surface area contributed by atoms with E-state index in [1.807, 2.05) is 6.92 Å². The first-order valence-electron chi connectivity index (χ1n) is 6.54. The summed E-state index contributed by atoms with van der Waals surface area (Å²) in [5.74, 6) is -1.17. The molecule has 1 fully saturated rings. The topological polar surface area (TPSA) is 84.9 Å². The Kier molecular flexibility index (Phi) is 3.97. The summed E-state index contributed by atoms with van der Waals surface area (Å²) < 4.78 is 10.2. The number of hydrogen-bond donors (Lipinski definition) is 2. The second kappa shape index (κ2) is 5.50. The molecular formula is C13H19NO5. The molecule has 2 N–H and O–H groups in total. The Balaban J connectivity index is 2.10. The molecule has 106 valence electrons. The summed E-state index contributed by atoms with van der Waals surface area (Å²) >= 11 is 0. The van der Waals surface area contributed by atoms with Crippen LogP contribution >= 0.6 is 0 Å². The lowest BCUT2D eigenvalue weighted by molar-refractivity contribution is -0.150. The molecular weight excluding hydrogens is 250 g/mol. The Bertz CT molecular complexity index is 406. The van der Waals surface area contributed by atoms with Crippen molar-refractivity contribution in [1.82, 2.24) is 5.32 Å². The normalized spacial score (nSPS) is 30.6. The summed E-state index contributed by atoms with van der Waals surface area (Å²) in [6, 6.07) is 0. The lowest BCUT2D eigenvalue weighted by atomic mass is 9.76. The number of ether oxygens (including phenoxy) is 2. The van der Waals surface area contributed by atoms with Gasteiger partial charge in [-0.05, 0) is 18.8 Å². The number of carboxylic acid groups (broad SMARTS) is 1. The third kappa shape index (κ3) is 3.00. The van der Waals surface area contributed by atoms with Crippen molar-refractivity contribution in [3.8, 4) is 0 Å². The second-order valence-corrected chi connectivity index (χ2v) is 5.24. The molecule has 0 bridgehead atoms. The molecule has 2 rings (SSSR count). The number of aliphatic carboxylic acids is 1. The van der Waals surface area contributed by atoms with Gasteiger partial charge in [-0.25, -0.2) is 4.79 Å². The Labute approximate surface area is 111 Å². The van der Waals surface area contributed by atoms with Crippen LogP contribution in [-0.2, 0) is 19.1 Å². The van der Waals surface area contributed by atoms with Crippen LogP contribution in [0.15, 0.2) is 12.0 Å². The molecule has 0 spiro atoms. The fraction of sp³-hybridized carbons (Fsp3) is 0.692. The van der Waals surface area contributed by atoms with Crippen LogP contribution in [0, 0.1) is 5.92 Å². The van der Waals surface area contributed by atoms with Crippen molar-refractivity contribution in [3.05, 3.63) is 12.0 Å². The van der Waals surface area contributed by atoms with Crippen LogP contribution in [0.3, 0.4) is 0 Å². The number of carbonyl (C=O) groups is 2. The third-order valence-electron chi connectivity index (χ3n) is 3.63. The molecule has 6 nitrogen and oxygen atoms in total. The number of carbonyl (C=O) groups excluding carboxylic acids is 1.